The highest BCUT2D eigenvalue weighted by Crippen LogP contribution is 2.28. The van der Waals surface area contributed by atoms with Crippen LogP contribution in [0.3, 0.4) is 0 Å². The van der Waals surface area contributed by atoms with Gasteiger partial charge in [-0.15, -0.1) is 13.2 Å². The number of ether oxygens (including phenoxy) is 1. The first-order valence-electron chi connectivity index (χ1n) is 5.23. The molecule has 19 heavy (non-hydrogen) atoms. The number of nitrogen functional groups attached to an aromatic ring is 1. The molecule has 0 aliphatic rings. The molecule has 0 atom stereocenters. The zero-order valence-electron chi connectivity index (χ0n) is 10.0. The third-order valence-electron chi connectivity index (χ3n) is 1.94. The van der Waals surface area contributed by atoms with E-state index in [1.54, 1.807) is 6.08 Å². The van der Waals surface area contributed by atoms with Gasteiger partial charge in [0.05, 0.1) is 0 Å². The molecule has 0 bridgehead atoms. The summed E-state index contributed by atoms with van der Waals surface area (Å²) in [5.74, 6) is 0.0426. The fraction of sp³-hybridized carbons (Fsp3) is 0.250. The molecule has 0 saturated heterocycles. The Hall–Kier alpha value is -1.63. The maximum absolute atomic E-state index is 12.2. The van der Waals surface area contributed by atoms with E-state index in [9.17, 15) is 18.0 Å². The highest BCUT2D eigenvalue weighted by Gasteiger charge is 2.31. The molecule has 0 aliphatic carbocycles. The normalized spacial score (nSPS) is 11.8. The number of carbonyl (C=O) groups excluding carboxylic acids is 1. The standard InChI is InChI=1S/C12H12F3NO2S/c1-8(17)19-6-2-3-9-7-10(16)4-5-11(9)18-12(13,14)15/h2-5,7H,6,16H2,1H3. The van der Waals surface area contributed by atoms with Crippen LogP contribution in [0, 0.1) is 0 Å². The molecule has 0 radical (unpaired) electrons. The van der Waals surface area contributed by atoms with Crippen molar-refractivity contribution in [1.82, 2.24) is 0 Å². The molecule has 3 nitrogen and oxygen atoms in total. The third-order valence-corrected chi connectivity index (χ3v) is 2.71. The Morgan fingerprint density at radius 1 is 1.47 bits per heavy atom. The number of benzene rings is 1. The maximum Gasteiger partial charge on any atom is 0.573 e. The summed E-state index contributed by atoms with van der Waals surface area (Å²) in [5, 5.41) is -0.0657. The van der Waals surface area contributed by atoms with Gasteiger partial charge in [0.25, 0.3) is 0 Å². The van der Waals surface area contributed by atoms with Crippen LogP contribution in [0.2, 0.25) is 0 Å². The second kappa shape index (κ2) is 6.51. The summed E-state index contributed by atoms with van der Waals surface area (Å²) in [6.07, 6.45) is -1.75. The zero-order chi connectivity index (χ0) is 14.5. The van der Waals surface area contributed by atoms with Crippen LogP contribution in [0.4, 0.5) is 18.9 Å². The molecular weight excluding hydrogens is 279 g/mol. The summed E-state index contributed by atoms with van der Waals surface area (Å²) < 4.78 is 40.5. The Morgan fingerprint density at radius 2 is 2.16 bits per heavy atom. The van der Waals surface area contributed by atoms with E-state index < -0.39 is 6.36 Å². The molecule has 2 N–H and O–H groups in total. The lowest BCUT2D eigenvalue weighted by Crippen LogP contribution is -2.17. The van der Waals surface area contributed by atoms with Crippen LogP contribution >= 0.6 is 11.8 Å². The Labute approximate surface area is 112 Å². The van der Waals surface area contributed by atoms with E-state index in [1.807, 2.05) is 0 Å². The van der Waals surface area contributed by atoms with Crippen molar-refractivity contribution < 1.29 is 22.7 Å². The molecule has 0 heterocycles. The van der Waals surface area contributed by atoms with Gasteiger partial charge in [0.1, 0.15) is 5.75 Å². The Morgan fingerprint density at radius 3 is 2.74 bits per heavy atom. The summed E-state index contributed by atoms with van der Waals surface area (Å²) in [7, 11) is 0. The van der Waals surface area contributed by atoms with Gasteiger partial charge >= 0.3 is 6.36 Å². The van der Waals surface area contributed by atoms with Crippen molar-refractivity contribution in [2.75, 3.05) is 11.5 Å². The number of rotatable bonds is 4. The van der Waals surface area contributed by atoms with Gasteiger partial charge in [-0.25, -0.2) is 0 Å². The molecule has 0 saturated carbocycles. The van der Waals surface area contributed by atoms with E-state index in [4.69, 9.17) is 5.73 Å². The highest BCUT2D eigenvalue weighted by atomic mass is 32.2. The molecular formula is C12H12F3NO2S. The number of thioether (sulfide) groups is 1. The van der Waals surface area contributed by atoms with Crippen molar-refractivity contribution in [2.45, 2.75) is 13.3 Å². The van der Waals surface area contributed by atoms with Crippen LogP contribution in [0.1, 0.15) is 12.5 Å². The topological polar surface area (TPSA) is 52.3 Å². The van der Waals surface area contributed by atoms with E-state index in [2.05, 4.69) is 4.74 Å². The van der Waals surface area contributed by atoms with E-state index in [-0.39, 0.29) is 16.4 Å². The molecule has 0 unspecified atom stereocenters. The lowest BCUT2D eigenvalue weighted by Gasteiger charge is -2.11. The van der Waals surface area contributed by atoms with Crippen LogP contribution in [-0.4, -0.2) is 17.2 Å². The second-order valence-corrected chi connectivity index (χ2v) is 4.75. The largest absolute Gasteiger partial charge is 0.573 e. The number of nitrogens with two attached hydrogens (primary N) is 1. The molecule has 7 heteroatoms. The Bertz CT molecular complexity index is 486. The lowest BCUT2D eigenvalue weighted by molar-refractivity contribution is -0.274. The Kier molecular flexibility index (Phi) is 5.29. The average molecular weight is 291 g/mol. The number of halogens is 3. The minimum atomic E-state index is -4.76. The third kappa shape index (κ3) is 6.19. The predicted octanol–water partition coefficient (Wildman–Crippen LogP) is 3.46. The van der Waals surface area contributed by atoms with Gasteiger partial charge in [-0.1, -0.05) is 23.9 Å². The molecule has 0 fully saturated rings. The second-order valence-electron chi connectivity index (χ2n) is 3.55. The molecule has 1 aromatic carbocycles. The van der Waals surface area contributed by atoms with Gasteiger partial charge in [-0.2, -0.15) is 0 Å². The van der Waals surface area contributed by atoms with Gasteiger partial charge in [0, 0.05) is 23.9 Å². The van der Waals surface area contributed by atoms with Crippen LogP contribution in [0.25, 0.3) is 6.08 Å². The van der Waals surface area contributed by atoms with Crippen LogP contribution in [0.15, 0.2) is 24.3 Å². The highest BCUT2D eigenvalue weighted by molar-refractivity contribution is 8.13. The Balaban J connectivity index is 2.85. The first-order valence-corrected chi connectivity index (χ1v) is 6.21. The molecule has 1 rings (SSSR count). The SMILES string of the molecule is CC(=O)SCC=Cc1cc(N)ccc1OC(F)(F)F. The molecule has 0 amide bonds. The summed E-state index contributed by atoms with van der Waals surface area (Å²) in [6.45, 7) is 1.41. The lowest BCUT2D eigenvalue weighted by atomic mass is 10.1. The first kappa shape index (κ1) is 15.4. The number of hydrogen-bond donors (Lipinski definition) is 1. The van der Waals surface area contributed by atoms with Crippen molar-refractivity contribution in [3.05, 3.63) is 29.8 Å². The van der Waals surface area contributed by atoms with Crippen molar-refractivity contribution in [1.29, 1.82) is 0 Å². The van der Waals surface area contributed by atoms with Gasteiger partial charge < -0.3 is 10.5 Å². The monoisotopic (exact) mass is 291 g/mol. The van der Waals surface area contributed by atoms with Gasteiger partial charge in [0.2, 0.25) is 0 Å². The smallest absolute Gasteiger partial charge is 0.405 e. The number of carbonyl (C=O) groups is 1. The minimum absolute atomic E-state index is 0.0657. The molecule has 104 valence electrons. The van der Waals surface area contributed by atoms with Gasteiger partial charge in [-0.05, 0) is 18.2 Å². The van der Waals surface area contributed by atoms with Gasteiger partial charge in [0.15, 0.2) is 5.12 Å². The maximum atomic E-state index is 12.2. The van der Waals surface area contributed by atoms with Crippen LogP contribution in [0.5, 0.6) is 5.75 Å². The van der Waals surface area contributed by atoms with E-state index in [1.165, 1.54) is 25.1 Å². The molecule has 1 aromatic rings. The van der Waals surface area contributed by atoms with E-state index in [0.717, 1.165) is 17.8 Å². The summed E-state index contributed by atoms with van der Waals surface area (Å²) in [4.78, 5) is 10.7. The van der Waals surface area contributed by atoms with Crippen molar-refractivity contribution in [2.24, 2.45) is 0 Å². The number of hydrogen-bond acceptors (Lipinski definition) is 4. The first-order chi connectivity index (χ1) is 8.78. The summed E-state index contributed by atoms with van der Waals surface area (Å²) in [6, 6.07) is 3.85. The number of alkyl halides is 3. The zero-order valence-corrected chi connectivity index (χ0v) is 10.8. The van der Waals surface area contributed by atoms with E-state index in [0.29, 0.717) is 11.4 Å². The van der Waals surface area contributed by atoms with Crippen molar-refractivity contribution in [3.63, 3.8) is 0 Å². The van der Waals surface area contributed by atoms with Crippen molar-refractivity contribution in [3.8, 4) is 5.75 Å². The minimum Gasteiger partial charge on any atom is -0.405 e. The van der Waals surface area contributed by atoms with E-state index >= 15 is 0 Å². The van der Waals surface area contributed by atoms with Crippen LogP contribution in [-0.2, 0) is 4.79 Å². The molecule has 0 aromatic heterocycles. The predicted molar refractivity (Wildman–Crippen MR) is 69.7 cm³/mol. The fourth-order valence-corrected chi connectivity index (χ4v) is 1.68. The van der Waals surface area contributed by atoms with Crippen molar-refractivity contribution >= 4 is 28.6 Å². The van der Waals surface area contributed by atoms with Crippen LogP contribution < -0.4 is 10.5 Å². The quantitative estimate of drug-likeness (QED) is 0.863. The molecule has 0 spiro atoms. The van der Waals surface area contributed by atoms with Gasteiger partial charge in [-0.3, -0.25) is 4.79 Å². The fourth-order valence-electron chi connectivity index (χ4n) is 1.26. The summed E-state index contributed by atoms with van der Waals surface area (Å²) in [5.41, 5.74) is 6.05. The average Bonchev–Trinajstić information content (AvgIpc) is 2.26. The number of anilines is 1. The summed E-state index contributed by atoms with van der Waals surface area (Å²) >= 11 is 1.05. The molecule has 0 aliphatic heterocycles.